The number of aromatic nitrogens is 2. The van der Waals surface area contributed by atoms with E-state index in [1.54, 1.807) is 6.07 Å². The van der Waals surface area contributed by atoms with Crippen molar-refractivity contribution in [2.45, 2.75) is 38.0 Å². The molecule has 2 aromatic heterocycles. The molecule has 3 aromatic rings. The summed E-state index contributed by atoms with van der Waals surface area (Å²) in [5.74, 6) is -0.370. The summed E-state index contributed by atoms with van der Waals surface area (Å²) in [5, 5.41) is 9.41. The molecule has 0 spiro atoms. The molecule has 152 valence electrons. The van der Waals surface area contributed by atoms with E-state index in [9.17, 15) is 18.0 Å². The summed E-state index contributed by atoms with van der Waals surface area (Å²) in [7, 11) is 0. The predicted molar refractivity (Wildman–Crippen MR) is 100 cm³/mol. The first-order valence-electron chi connectivity index (χ1n) is 8.93. The summed E-state index contributed by atoms with van der Waals surface area (Å²) >= 11 is 5.54. The SMILES string of the molecule is O=C(O)CC1CCc2c1[nH]c1ccc(OCc3cnc(Cl)c(C(F)(F)F)c3)cc21. The lowest BCUT2D eigenvalue weighted by atomic mass is 10.0. The fourth-order valence-corrected chi connectivity index (χ4v) is 3.98. The number of aliphatic carboxylic acids is 1. The van der Waals surface area contributed by atoms with Gasteiger partial charge in [-0.25, -0.2) is 4.98 Å². The average Bonchev–Trinajstić information content (AvgIpc) is 3.19. The number of nitrogens with one attached hydrogen (secondary N) is 1. The number of rotatable bonds is 5. The number of halogens is 4. The van der Waals surface area contributed by atoms with Gasteiger partial charge in [-0.05, 0) is 42.7 Å². The van der Waals surface area contributed by atoms with Crippen LogP contribution in [0.25, 0.3) is 10.9 Å². The molecule has 0 aliphatic heterocycles. The van der Waals surface area contributed by atoms with Crippen molar-refractivity contribution in [3.8, 4) is 5.75 Å². The summed E-state index contributed by atoms with van der Waals surface area (Å²) in [6.45, 7) is -0.0903. The van der Waals surface area contributed by atoms with Gasteiger partial charge in [0.15, 0.2) is 0 Å². The predicted octanol–water partition coefficient (Wildman–Crippen LogP) is 5.32. The Labute approximate surface area is 168 Å². The highest BCUT2D eigenvalue weighted by molar-refractivity contribution is 6.30. The van der Waals surface area contributed by atoms with Gasteiger partial charge in [0.2, 0.25) is 0 Å². The summed E-state index contributed by atoms with van der Waals surface area (Å²) in [6.07, 6.45) is -1.72. The number of carbonyl (C=O) groups is 1. The highest BCUT2D eigenvalue weighted by atomic mass is 35.5. The summed E-state index contributed by atoms with van der Waals surface area (Å²) in [5.41, 5.74) is 2.15. The molecule has 1 atom stereocenters. The molecule has 1 unspecified atom stereocenters. The Morgan fingerprint density at radius 3 is 2.86 bits per heavy atom. The van der Waals surface area contributed by atoms with Crippen LogP contribution in [-0.4, -0.2) is 21.0 Å². The average molecular weight is 425 g/mol. The van der Waals surface area contributed by atoms with Crippen molar-refractivity contribution < 1.29 is 27.8 Å². The van der Waals surface area contributed by atoms with Crippen molar-refractivity contribution in [1.82, 2.24) is 9.97 Å². The van der Waals surface area contributed by atoms with E-state index in [2.05, 4.69) is 9.97 Å². The molecule has 0 fully saturated rings. The molecule has 5 nitrogen and oxygen atoms in total. The molecule has 0 amide bonds. The van der Waals surface area contributed by atoms with E-state index in [-0.39, 0.29) is 24.5 Å². The second kappa shape index (κ2) is 7.26. The van der Waals surface area contributed by atoms with E-state index in [1.807, 2.05) is 12.1 Å². The molecule has 1 aliphatic rings. The maximum absolute atomic E-state index is 13.0. The number of hydrogen-bond donors (Lipinski definition) is 2. The third kappa shape index (κ3) is 3.89. The summed E-state index contributed by atoms with van der Waals surface area (Å²) in [6, 6.07) is 6.29. The molecule has 1 aliphatic carbocycles. The van der Waals surface area contributed by atoms with Gasteiger partial charge in [-0.1, -0.05) is 11.6 Å². The van der Waals surface area contributed by atoms with Crippen molar-refractivity contribution in [2.75, 3.05) is 0 Å². The van der Waals surface area contributed by atoms with Crippen LogP contribution >= 0.6 is 11.6 Å². The molecular formula is C20H16ClF3N2O3. The maximum atomic E-state index is 13.0. The van der Waals surface area contributed by atoms with Crippen molar-refractivity contribution in [2.24, 2.45) is 0 Å². The number of H-pyrrole nitrogens is 1. The Morgan fingerprint density at radius 1 is 1.34 bits per heavy atom. The van der Waals surface area contributed by atoms with Gasteiger partial charge in [-0.2, -0.15) is 13.2 Å². The van der Waals surface area contributed by atoms with Crippen LogP contribution in [0.4, 0.5) is 13.2 Å². The number of ether oxygens (including phenoxy) is 1. The number of nitrogens with zero attached hydrogens (tertiary/aromatic N) is 1. The maximum Gasteiger partial charge on any atom is 0.419 e. The van der Waals surface area contributed by atoms with Crippen LogP contribution in [0, 0.1) is 0 Å². The van der Waals surface area contributed by atoms with Gasteiger partial charge >= 0.3 is 12.1 Å². The fourth-order valence-electron chi connectivity index (χ4n) is 3.77. The fraction of sp³-hybridized carbons (Fsp3) is 0.300. The lowest BCUT2D eigenvalue weighted by Crippen LogP contribution is -2.08. The molecule has 29 heavy (non-hydrogen) atoms. The van der Waals surface area contributed by atoms with Crippen LogP contribution in [0.3, 0.4) is 0 Å². The Morgan fingerprint density at radius 2 is 2.14 bits per heavy atom. The zero-order chi connectivity index (χ0) is 20.8. The quantitative estimate of drug-likeness (QED) is 0.544. The number of aromatic amines is 1. The number of carboxylic acid groups (broad SMARTS) is 1. The Balaban J connectivity index is 1.55. The molecule has 1 aromatic carbocycles. The number of pyridine rings is 1. The van der Waals surface area contributed by atoms with Crippen LogP contribution < -0.4 is 4.74 Å². The zero-order valence-electron chi connectivity index (χ0n) is 15.0. The third-order valence-electron chi connectivity index (χ3n) is 5.09. The zero-order valence-corrected chi connectivity index (χ0v) is 15.8. The number of fused-ring (bicyclic) bond motifs is 3. The summed E-state index contributed by atoms with van der Waals surface area (Å²) in [4.78, 5) is 17.9. The second-order valence-electron chi connectivity index (χ2n) is 7.03. The topological polar surface area (TPSA) is 75.2 Å². The lowest BCUT2D eigenvalue weighted by Gasteiger charge is -2.11. The van der Waals surface area contributed by atoms with Crippen LogP contribution in [0.1, 0.15) is 41.1 Å². The van der Waals surface area contributed by atoms with E-state index in [4.69, 9.17) is 21.4 Å². The first kappa shape index (κ1) is 19.6. The largest absolute Gasteiger partial charge is 0.489 e. The van der Waals surface area contributed by atoms with E-state index < -0.39 is 22.9 Å². The van der Waals surface area contributed by atoms with Crippen molar-refractivity contribution >= 4 is 28.5 Å². The molecule has 9 heteroatoms. The summed E-state index contributed by atoms with van der Waals surface area (Å²) < 4.78 is 44.6. The molecule has 0 radical (unpaired) electrons. The van der Waals surface area contributed by atoms with E-state index >= 15 is 0 Å². The number of hydrogen-bond acceptors (Lipinski definition) is 3. The van der Waals surface area contributed by atoms with Gasteiger partial charge in [0.1, 0.15) is 17.5 Å². The van der Waals surface area contributed by atoms with Crippen LogP contribution in [0.2, 0.25) is 5.15 Å². The monoisotopic (exact) mass is 424 g/mol. The van der Waals surface area contributed by atoms with Crippen LogP contribution in [0.15, 0.2) is 30.5 Å². The standard InChI is InChI=1S/C20H16ClF3N2O3/c21-19-15(20(22,23)24)5-10(8-25-19)9-29-12-2-4-16-14(7-12)13-3-1-11(6-17(27)28)18(13)26-16/h2,4-5,7-8,11,26H,1,3,6,9H2,(H,27,28). The molecule has 0 saturated carbocycles. The molecule has 4 rings (SSSR count). The first-order chi connectivity index (χ1) is 13.7. The van der Waals surface area contributed by atoms with Gasteiger partial charge in [0.05, 0.1) is 12.0 Å². The second-order valence-corrected chi connectivity index (χ2v) is 7.38. The normalized spacial score (nSPS) is 16.2. The Hall–Kier alpha value is -2.74. The van der Waals surface area contributed by atoms with E-state index in [1.165, 1.54) is 6.20 Å². The number of alkyl halides is 3. The highest BCUT2D eigenvalue weighted by Crippen LogP contribution is 2.40. The minimum atomic E-state index is -4.59. The van der Waals surface area contributed by atoms with Gasteiger partial charge in [-0.3, -0.25) is 4.79 Å². The molecular weight excluding hydrogens is 409 g/mol. The minimum absolute atomic E-state index is 0.0415. The lowest BCUT2D eigenvalue weighted by molar-refractivity contribution is -0.138. The molecule has 2 heterocycles. The van der Waals surface area contributed by atoms with Crippen molar-refractivity contribution in [3.63, 3.8) is 0 Å². The third-order valence-corrected chi connectivity index (χ3v) is 5.39. The van der Waals surface area contributed by atoms with Gasteiger partial charge in [-0.15, -0.1) is 0 Å². The van der Waals surface area contributed by atoms with Gasteiger partial charge < -0.3 is 14.8 Å². The Kier molecular flexibility index (Phi) is 4.90. The van der Waals surface area contributed by atoms with Crippen LogP contribution in [-0.2, 0) is 24.0 Å². The first-order valence-corrected chi connectivity index (χ1v) is 9.31. The van der Waals surface area contributed by atoms with E-state index in [0.29, 0.717) is 5.75 Å². The number of benzene rings is 1. The van der Waals surface area contributed by atoms with Gasteiger partial charge in [0, 0.05) is 34.3 Å². The highest BCUT2D eigenvalue weighted by Gasteiger charge is 2.34. The molecule has 0 bridgehead atoms. The van der Waals surface area contributed by atoms with Crippen molar-refractivity contribution in [3.05, 3.63) is 58.0 Å². The van der Waals surface area contributed by atoms with Crippen molar-refractivity contribution in [1.29, 1.82) is 0 Å². The number of aryl methyl sites for hydroxylation is 1. The Bertz CT molecular complexity index is 1090. The number of carboxylic acids is 1. The van der Waals surface area contributed by atoms with E-state index in [0.717, 1.165) is 41.1 Å². The molecule has 2 N–H and O–H groups in total. The molecule has 0 saturated heterocycles. The van der Waals surface area contributed by atoms with Gasteiger partial charge in [0.25, 0.3) is 0 Å². The smallest absolute Gasteiger partial charge is 0.419 e. The van der Waals surface area contributed by atoms with Crippen LogP contribution in [0.5, 0.6) is 5.75 Å². The minimum Gasteiger partial charge on any atom is -0.489 e.